The van der Waals surface area contributed by atoms with Crippen LogP contribution >= 0.6 is 23.4 Å². The zero-order chi connectivity index (χ0) is 23.3. The second-order valence-electron chi connectivity index (χ2n) is 6.82. The van der Waals surface area contributed by atoms with Crippen LogP contribution in [0.2, 0.25) is 5.02 Å². The Hall–Kier alpha value is -2.97. The highest BCUT2D eigenvalue weighted by Crippen LogP contribution is 2.36. The van der Waals surface area contributed by atoms with E-state index in [0.29, 0.717) is 11.3 Å². The molecule has 2 N–H and O–H groups in total. The molecule has 0 fully saturated rings. The molecule has 0 radical (unpaired) electrons. The molecule has 4 nitrogen and oxygen atoms in total. The molecule has 0 aliphatic rings. The van der Waals surface area contributed by atoms with Gasteiger partial charge in [-0.3, -0.25) is 9.59 Å². The molecular weight excluding hydrogens is 461 g/mol. The first-order valence-electron chi connectivity index (χ1n) is 9.40. The number of hydrogen-bond donors (Lipinski definition) is 2. The third kappa shape index (κ3) is 6.27. The number of carbonyl (C=O) groups is 2. The Morgan fingerprint density at radius 1 is 0.969 bits per heavy atom. The van der Waals surface area contributed by atoms with Gasteiger partial charge in [-0.15, -0.1) is 11.8 Å². The van der Waals surface area contributed by atoms with E-state index in [1.165, 1.54) is 6.07 Å². The summed E-state index contributed by atoms with van der Waals surface area (Å²) in [6.45, 7) is 1.85. The van der Waals surface area contributed by atoms with Crippen molar-refractivity contribution in [1.29, 1.82) is 0 Å². The summed E-state index contributed by atoms with van der Waals surface area (Å²) in [7, 11) is 0. The van der Waals surface area contributed by atoms with Crippen molar-refractivity contribution in [3.63, 3.8) is 0 Å². The summed E-state index contributed by atoms with van der Waals surface area (Å²) in [5.41, 5.74) is 0.669. The molecule has 0 atom stereocenters. The van der Waals surface area contributed by atoms with Gasteiger partial charge < -0.3 is 10.6 Å². The number of hydrogen-bond acceptors (Lipinski definition) is 3. The van der Waals surface area contributed by atoms with Gasteiger partial charge in [-0.1, -0.05) is 29.8 Å². The lowest BCUT2D eigenvalue weighted by molar-refractivity contribution is -0.137. The van der Waals surface area contributed by atoms with Gasteiger partial charge in [0.1, 0.15) is 0 Å². The predicted octanol–water partition coefficient (Wildman–Crippen LogP) is 6.65. The number of rotatable bonds is 6. The standard InChI is InChI=1S/C23H18ClF3N2O2S/c1-14-4-2-3-5-18(14)22(31)28-16-7-9-17(10-8-16)32-13-21(30)29-20-11-6-15(24)12-19(20)23(25,26)27/h2-12H,13H2,1H3,(H,28,31)(H,29,30). The largest absolute Gasteiger partial charge is 0.418 e. The monoisotopic (exact) mass is 478 g/mol. The van der Waals surface area contributed by atoms with Crippen molar-refractivity contribution in [2.75, 3.05) is 16.4 Å². The number of anilines is 2. The zero-order valence-corrected chi connectivity index (χ0v) is 18.4. The molecule has 3 aromatic carbocycles. The molecule has 3 rings (SSSR count). The van der Waals surface area contributed by atoms with Crippen LogP contribution in [0.3, 0.4) is 0 Å². The van der Waals surface area contributed by atoms with E-state index in [0.717, 1.165) is 34.4 Å². The maximum Gasteiger partial charge on any atom is 0.418 e. The fraction of sp³-hybridized carbons (Fsp3) is 0.130. The zero-order valence-electron chi connectivity index (χ0n) is 16.8. The van der Waals surface area contributed by atoms with Crippen molar-refractivity contribution in [1.82, 2.24) is 0 Å². The van der Waals surface area contributed by atoms with Crippen molar-refractivity contribution in [3.05, 3.63) is 88.4 Å². The maximum absolute atomic E-state index is 13.1. The Morgan fingerprint density at radius 3 is 2.31 bits per heavy atom. The first kappa shape index (κ1) is 23.7. The molecule has 0 spiro atoms. The minimum atomic E-state index is -4.64. The average Bonchev–Trinajstić information content (AvgIpc) is 2.74. The quantitative estimate of drug-likeness (QED) is 0.390. The van der Waals surface area contributed by atoms with Crippen LogP contribution in [0.15, 0.2) is 71.6 Å². The molecule has 0 aliphatic carbocycles. The maximum atomic E-state index is 13.1. The Balaban J connectivity index is 1.57. The molecule has 3 aromatic rings. The summed E-state index contributed by atoms with van der Waals surface area (Å²) in [5.74, 6) is -0.902. The van der Waals surface area contributed by atoms with Gasteiger partial charge in [0.25, 0.3) is 5.91 Å². The van der Waals surface area contributed by atoms with Gasteiger partial charge in [-0.2, -0.15) is 13.2 Å². The fourth-order valence-corrected chi connectivity index (χ4v) is 3.73. The lowest BCUT2D eigenvalue weighted by Gasteiger charge is -2.14. The summed E-state index contributed by atoms with van der Waals surface area (Å²) in [6, 6.07) is 17.2. The predicted molar refractivity (Wildman–Crippen MR) is 121 cm³/mol. The number of alkyl halides is 3. The SMILES string of the molecule is Cc1ccccc1C(=O)Nc1ccc(SCC(=O)Nc2ccc(Cl)cc2C(F)(F)F)cc1. The molecule has 9 heteroatoms. The van der Waals surface area contributed by atoms with Crippen LogP contribution in [0, 0.1) is 6.92 Å². The molecular formula is C23H18ClF3N2O2S. The molecule has 166 valence electrons. The van der Waals surface area contributed by atoms with Crippen LogP contribution < -0.4 is 10.6 Å². The van der Waals surface area contributed by atoms with Gasteiger partial charge in [0.2, 0.25) is 5.91 Å². The molecule has 0 heterocycles. The van der Waals surface area contributed by atoms with Crippen molar-refractivity contribution in [2.24, 2.45) is 0 Å². The van der Waals surface area contributed by atoms with E-state index >= 15 is 0 Å². The topological polar surface area (TPSA) is 58.2 Å². The number of aryl methyl sites for hydroxylation is 1. The van der Waals surface area contributed by atoms with Gasteiger partial charge in [0.15, 0.2) is 0 Å². The first-order valence-corrected chi connectivity index (χ1v) is 10.8. The van der Waals surface area contributed by atoms with Crippen molar-refractivity contribution >= 4 is 46.6 Å². The third-order valence-electron chi connectivity index (χ3n) is 4.43. The highest BCUT2D eigenvalue weighted by Gasteiger charge is 2.34. The summed E-state index contributed by atoms with van der Waals surface area (Å²) in [5, 5.41) is 5.01. The number of nitrogens with one attached hydrogen (secondary N) is 2. The lowest BCUT2D eigenvalue weighted by Crippen LogP contribution is -2.18. The van der Waals surface area contributed by atoms with Gasteiger partial charge in [0.05, 0.1) is 17.0 Å². The summed E-state index contributed by atoms with van der Waals surface area (Å²) >= 11 is 6.80. The first-order chi connectivity index (χ1) is 15.1. The van der Waals surface area contributed by atoms with Gasteiger partial charge >= 0.3 is 6.18 Å². The van der Waals surface area contributed by atoms with Crippen LogP contribution in [0.4, 0.5) is 24.5 Å². The summed E-state index contributed by atoms with van der Waals surface area (Å²) < 4.78 is 39.4. The van der Waals surface area contributed by atoms with Crippen molar-refractivity contribution in [2.45, 2.75) is 18.0 Å². The van der Waals surface area contributed by atoms with Crippen LogP contribution in [-0.2, 0) is 11.0 Å². The van der Waals surface area contributed by atoms with Crippen LogP contribution in [0.5, 0.6) is 0 Å². The third-order valence-corrected chi connectivity index (χ3v) is 5.68. The summed E-state index contributed by atoms with van der Waals surface area (Å²) in [4.78, 5) is 25.3. The molecule has 0 saturated heterocycles. The molecule has 0 saturated carbocycles. The number of thioether (sulfide) groups is 1. The average molecular weight is 479 g/mol. The molecule has 0 bridgehead atoms. The van der Waals surface area contributed by atoms with Crippen molar-refractivity contribution < 1.29 is 22.8 Å². The number of amides is 2. The van der Waals surface area contributed by atoms with Crippen LogP contribution in [-0.4, -0.2) is 17.6 Å². The number of halogens is 4. The summed E-state index contributed by atoms with van der Waals surface area (Å²) in [6.07, 6.45) is -4.64. The fourth-order valence-electron chi connectivity index (χ4n) is 2.86. The van der Waals surface area contributed by atoms with Crippen molar-refractivity contribution in [3.8, 4) is 0 Å². The molecule has 0 aliphatic heterocycles. The Morgan fingerprint density at radius 2 is 1.66 bits per heavy atom. The van der Waals surface area contributed by atoms with E-state index in [-0.39, 0.29) is 22.4 Å². The van der Waals surface area contributed by atoms with Crippen LogP contribution in [0.1, 0.15) is 21.5 Å². The van der Waals surface area contributed by atoms with Gasteiger partial charge in [0, 0.05) is 21.2 Å². The van der Waals surface area contributed by atoms with Gasteiger partial charge in [-0.25, -0.2) is 0 Å². The van der Waals surface area contributed by atoms with Gasteiger partial charge in [-0.05, 0) is 61.0 Å². The van der Waals surface area contributed by atoms with E-state index in [9.17, 15) is 22.8 Å². The second-order valence-corrected chi connectivity index (χ2v) is 8.30. The second kappa shape index (κ2) is 10.1. The van der Waals surface area contributed by atoms with E-state index < -0.39 is 17.6 Å². The molecule has 2 amide bonds. The smallest absolute Gasteiger partial charge is 0.325 e. The molecule has 32 heavy (non-hydrogen) atoms. The van der Waals surface area contributed by atoms with E-state index in [1.54, 1.807) is 36.4 Å². The Labute approximate surface area is 192 Å². The molecule has 0 unspecified atom stereocenters. The lowest BCUT2D eigenvalue weighted by atomic mass is 10.1. The molecule has 0 aromatic heterocycles. The highest BCUT2D eigenvalue weighted by atomic mass is 35.5. The number of carbonyl (C=O) groups excluding carboxylic acids is 2. The number of benzene rings is 3. The van der Waals surface area contributed by atoms with E-state index in [2.05, 4.69) is 10.6 Å². The van der Waals surface area contributed by atoms with E-state index in [4.69, 9.17) is 11.6 Å². The highest BCUT2D eigenvalue weighted by molar-refractivity contribution is 8.00. The van der Waals surface area contributed by atoms with Crippen LogP contribution in [0.25, 0.3) is 0 Å². The Bertz CT molecular complexity index is 1130. The minimum Gasteiger partial charge on any atom is -0.325 e. The van der Waals surface area contributed by atoms with E-state index in [1.807, 2.05) is 19.1 Å². The minimum absolute atomic E-state index is 0.0701. The Kier molecular flexibility index (Phi) is 7.48. The normalized spacial score (nSPS) is 11.2.